The minimum Gasteiger partial charge on any atom is -0.461 e. The summed E-state index contributed by atoms with van der Waals surface area (Å²) < 4.78 is 11.6. The highest BCUT2D eigenvalue weighted by Gasteiger charge is 2.47. The highest BCUT2D eigenvalue weighted by Crippen LogP contribution is 2.36. The van der Waals surface area contributed by atoms with E-state index in [0.717, 1.165) is 11.3 Å². The van der Waals surface area contributed by atoms with E-state index in [-0.39, 0.29) is 12.5 Å². The second-order valence-corrected chi connectivity index (χ2v) is 5.80. The third-order valence-electron chi connectivity index (χ3n) is 4.09. The predicted molar refractivity (Wildman–Crippen MR) is 92.1 cm³/mol. The first-order valence-corrected chi connectivity index (χ1v) is 7.88. The predicted octanol–water partition coefficient (Wildman–Crippen LogP) is 3.37. The first kappa shape index (κ1) is 14.7. The van der Waals surface area contributed by atoms with Gasteiger partial charge in [0.1, 0.15) is 19.0 Å². The number of ether oxygens (including phenoxy) is 2. The Morgan fingerprint density at radius 3 is 2.46 bits per heavy atom. The van der Waals surface area contributed by atoms with E-state index in [9.17, 15) is 4.79 Å². The number of morpholine rings is 1. The van der Waals surface area contributed by atoms with E-state index in [1.165, 1.54) is 0 Å². The van der Waals surface area contributed by atoms with Gasteiger partial charge in [0.15, 0.2) is 0 Å². The summed E-state index contributed by atoms with van der Waals surface area (Å²) in [4.78, 5) is 14.2. The number of rotatable bonds is 2. The molecule has 0 N–H and O–H groups in total. The van der Waals surface area contributed by atoms with Gasteiger partial charge < -0.3 is 9.47 Å². The Morgan fingerprint density at radius 1 is 1.00 bits per heavy atom. The van der Waals surface area contributed by atoms with Crippen LogP contribution in [-0.2, 0) is 14.3 Å². The van der Waals surface area contributed by atoms with Crippen LogP contribution in [-0.4, -0.2) is 24.8 Å². The Morgan fingerprint density at radius 2 is 1.71 bits per heavy atom. The van der Waals surface area contributed by atoms with Crippen molar-refractivity contribution in [3.63, 3.8) is 0 Å². The molecule has 2 aliphatic rings. The third-order valence-corrected chi connectivity index (χ3v) is 4.09. The van der Waals surface area contributed by atoms with Gasteiger partial charge in [-0.3, -0.25) is 9.69 Å². The SMILES string of the molecule is O=C1COC[C@@]2(C=C/C(=C/c3ccccc3)O2)N1c1ccccc1. The summed E-state index contributed by atoms with van der Waals surface area (Å²) in [5.41, 5.74) is 0.928. The van der Waals surface area contributed by atoms with Gasteiger partial charge in [0.25, 0.3) is 5.91 Å². The Labute approximate surface area is 140 Å². The molecule has 1 saturated heterocycles. The van der Waals surface area contributed by atoms with Gasteiger partial charge >= 0.3 is 0 Å². The number of benzene rings is 2. The van der Waals surface area contributed by atoms with Gasteiger partial charge in [0.2, 0.25) is 5.72 Å². The zero-order valence-corrected chi connectivity index (χ0v) is 13.1. The number of carbonyl (C=O) groups excluding carboxylic acids is 1. The third kappa shape index (κ3) is 2.61. The highest BCUT2D eigenvalue weighted by molar-refractivity contribution is 5.96. The van der Waals surface area contributed by atoms with Crippen molar-refractivity contribution in [2.75, 3.05) is 18.1 Å². The van der Waals surface area contributed by atoms with Gasteiger partial charge in [-0.2, -0.15) is 0 Å². The molecule has 24 heavy (non-hydrogen) atoms. The highest BCUT2D eigenvalue weighted by atomic mass is 16.6. The van der Waals surface area contributed by atoms with Crippen LogP contribution < -0.4 is 4.90 Å². The van der Waals surface area contributed by atoms with E-state index in [0.29, 0.717) is 12.4 Å². The number of amides is 1. The maximum atomic E-state index is 12.5. The number of allylic oxidation sites excluding steroid dienone is 1. The molecule has 0 saturated carbocycles. The smallest absolute Gasteiger partial charge is 0.256 e. The molecule has 1 spiro atoms. The minimum absolute atomic E-state index is 0.0611. The molecular weight excluding hydrogens is 302 g/mol. The summed E-state index contributed by atoms with van der Waals surface area (Å²) in [7, 11) is 0. The van der Waals surface area contributed by atoms with Gasteiger partial charge in [0, 0.05) is 5.69 Å². The number of hydrogen-bond donors (Lipinski definition) is 0. The van der Waals surface area contributed by atoms with Gasteiger partial charge in [-0.05, 0) is 35.9 Å². The van der Waals surface area contributed by atoms with Crippen LogP contribution in [0.4, 0.5) is 5.69 Å². The van der Waals surface area contributed by atoms with Crippen LogP contribution >= 0.6 is 0 Å². The first-order valence-electron chi connectivity index (χ1n) is 7.88. The molecule has 2 aromatic rings. The van der Waals surface area contributed by atoms with E-state index in [1.54, 1.807) is 4.90 Å². The van der Waals surface area contributed by atoms with Gasteiger partial charge in [-0.15, -0.1) is 0 Å². The van der Waals surface area contributed by atoms with Gasteiger partial charge in [0.05, 0.1) is 0 Å². The standard InChI is InChI=1S/C20H17NO3/c22-19-14-23-15-20(21(19)17-9-5-2-6-10-17)12-11-18(24-20)13-16-7-3-1-4-8-16/h1-13H,14-15H2/b18-13-/t20-/m0/s1. The zero-order chi connectivity index (χ0) is 16.4. The van der Waals surface area contributed by atoms with Crippen LogP contribution in [0, 0.1) is 0 Å². The van der Waals surface area contributed by atoms with Crippen molar-refractivity contribution in [1.82, 2.24) is 0 Å². The van der Waals surface area contributed by atoms with Crippen LogP contribution in [0.25, 0.3) is 6.08 Å². The molecule has 2 aliphatic heterocycles. The number of para-hydroxylation sites is 1. The van der Waals surface area contributed by atoms with Gasteiger partial charge in [-0.25, -0.2) is 0 Å². The Balaban J connectivity index is 1.68. The second kappa shape index (κ2) is 5.98. The maximum absolute atomic E-state index is 12.5. The van der Waals surface area contributed by atoms with E-state index >= 15 is 0 Å². The largest absolute Gasteiger partial charge is 0.461 e. The zero-order valence-electron chi connectivity index (χ0n) is 13.1. The summed E-state index contributed by atoms with van der Waals surface area (Å²) in [6.07, 6.45) is 5.74. The molecule has 4 rings (SSSR count). The average Bonchev–Trinajstić information content (AvgIpc) is 2.99. The van der Waals surface area contributed by atoms with Crippen LogP contribution in [0.5, 0.6) is 0 Å². The quantitative estimate of drug-likeness (QED) is 0.852. The first-order chi connectivity index (χ1) is 11.8. The summed E-state index contributed by atoms with van der Waals surface area (Å²) in [5.74, 6) is 0.596. The summed E-state index contributed by atoms with van der Waals surface area (Å²) >= 11 is 0. The van der Waals surface area contributed by atoms with Crippen molar-refractivity contribution in [2.45, 2.75) is 5.72 Å². The van der Waals surface area contributed by atoms with E-state index in [4.69, 9.17) is 9.47 Å². The lowest BCUT2D eigenvalue weighted by molar-refractivity contribution is -0.138. The molecule has 2 aromatic carbocycles. The molecule has 1 fully saturated rings. The monoisotopic (exact) mass is 319 g/mol. The Bertz CT molecular complexity index is 798. The molecule has 4 heteroatoms. The van der Waals surface area contributed by atoms with Crippen molar-refractivity contribution >= 4 is 17.7 Å². The van der Waals surface area contributed by atoms with Crippen molar-refractivity contribution < 1.29 is 14.3 Å². The number of carbonyl (C=O) groups is 1. The van der Waals surface area contributed by atoms with Crippen molar-refractivity contribution in [1.29, 1.82) is 0 Å². The Hall–Kier alpha value is -2.85. The molecular formula is C20H17NO3. The van der Waals surface area contributed by atoms with Crippen molar-refractivity contribution in [2.24, 2.45) is 0 Å². The molecule has 0 unspecified atom stereocenters. The Kier molecular flexibility index (Phi) is 3.67. The molecule has 4 nitrogen and oxygen atoms in total. The lowest BCUT2D eigenvalue weighted by Gasteiger charge is -2.42. The summed E-state index contributed by atoms with van der Waals surface area (Å²) in [5, 5.41) is 0. The topological polar surface area (TPSA) is 38.8 Å². The summed E-state index contributed by atoms with van der Waals surface area (Å²) in [6, 6.07) is 19.5. The van der Waals surface area contributed by atoms with E-state index < -0.39 is 5.72 Å². The fourth-order valence-corrected chi connectivity index (χ4v) is 3.04. The number of nitrogens with zero attached hydrogens (tertiary/aromatic N) is 1. The van der Waals surface area contributed by atoms with Crippen LogP contribution in [0.1, 0.15) is 5.56 Å². The minimum atomic E-state index is -0.919. The molecule has 1 amide bonds. The lowest BCUT2D eigenvalue weighted by atomic mass is 10.1. The van der Waals surface area contributed by atoms with E-state index in [1.807, 2.05) is 78.9 Å². The summed E-state index contributed by atoms with van der Waals surface area (Å²) in [6.45, 7) is 0.363. The average molecular weight is 319 g/mol. The van der Waals surface area contributed by atoms with Crippen LogP contribution in [0.2, 0.25) is 0 Å². The van der Waals surface area contributed by atoms with Gasteiger partial charge in [-0.1, -0.05) is 48.5 Å². The van der Waals surface area contributed by atoms with Crippen molar-refractivity contribution in [3.8, 4) is 0 Å². The molecule has 0 bridgehead atoms. The fraction of sp³-hybridized carbons (Fsp3) is 0.150. The van der Waals surface area contributed by atoms with Crippen molar-refractivity contribution in [3.05, 3.63) is 84.1 Å². The van der Waals surface area contributed by atoms with E-state index in [2.05, 4.69) is 0 Å². The molecule has 0 aliphatic carbocycles. The maximum Gasteiger partial charge on any atom is 0.256 e. The molecule has 0 aromatic heterocycles. The number of hydrogen-bond acceptors (Lipinski definition) is 3. The normalized spacial score (nSPS) is 24.6. The lowest BCUT2D eigenvalue weighted by Crippen LogP contribution is -2.59. The molecule has 1 atom stereocenters. The van der Waals surface area contributed by atoms with Crippen LogP contribution in [0.15, 0.2) is 78.6 Å². The number of anilines is 1. The fourth-order valence-electron chi connectivity index (χ4n) is 3.04. The molecule has 120 valence electrons. The molecule has 0 radical (unpaired) electrons. The molecule has 2 heterocycles. The second-order valence-electron chi connectivity index (χ2n) is 5.80. The van der Waals surface area contributed by atoms with Crippen LogP contribution in [0.3, 0.4) is 0 Å².